The zero-order valence-electron chi connectivity index (χ0n) is 18.2. The summed E-state index contributed by atoms with van der Waals surface area (Å²) in [5.41, 5.74) is 0.887. The maximum atomic E-state index is 13.4. The molecule has 1 N–H and O–H groups in total. The van der Waals surface area contributed by atoms with Gasteiger partial charge in [-0.3, -0.25) is 14.7 Å². The molecular weight excluding hydrogens is 356 g/mol. The summed E-state index contributed by atoms with van der Waals surface area (Å²) in [5, 5.41) is 9.85. The molecular formula is C21H34N4O3. The van der Waals surface area contributed by atoms with E-state index in [-0.39, 0.29) is 5.91 Å². The van der Waals surface area contributed by atoms with Crippen LogP contribution in [-0.4, -0.2) is 69.7 Å². The molecule has 0 bridgehead atoms. The van der Waals surface area contributed by atoms with Crippen molar-refractivity contribution in [1.82, 2.24) is 14.8 Å². The van der Waals surface area contributed by atoms with Gasteiger partial charge in [-0.15, -0.1) is 0 Å². The first-order valence-electron chi connectivity index (χ1n) is 9.81. The van der Waals surface area contributed by atoms with Crippen molar-refractivity contribution in [2.75, 3.05) is 31.1 Å². The Morgan fingerprint density at radius 2 is 1.68 bits per heavy atom. The molecule has 2 rings (SSSR count). The van der Waals surface area contributed by atoms with Crippen LogP contribution in [0.4, 0.5) is 10.5 Å². The standard InChI is InChI=1S/C21H34N4O3/c1-15-14-16(8-9-22-15)23-10-12-24(13-11-23)18(26)17(20(2,3)4)25(19(27)28)21(5,6)7/h8-9,14,17H,10-13H2,1-7H3,(H,27,28)/t17-/m0/s1. The fourth-order valence-corrected chi connectivity index (χ4v) is 3.74. The molecule has 2 heterocycles. The summed E-state index contributed by atoms with van der Waals surface area (Å²) in [4.78, 5) is 35.1. The van der Waals surface area contributed by atoms with E-state index in [2.05, 4.69) is 9.88 Å². The Kier molecular flexibility index (Phi) is 6.26. The fraction of sp³-hybridized carbons (Fsp3) is 0.667. The molecule has 0 aliphatic carbocycles. The van der Waals surface area contributed by atoms with Crippen molar-refractivity contribution in [1.29, 1.82) is 0 Å². The quantitative estimate of drug-likeness (QED) is 0.857. The molecule has 1 saturated heterocycles. The molecule has 1 atom stereocenters. The maximum absolute atomic E-state index is 13.4. The predicted octanol–water partition coefficient (Wildman–Crippen LogP) is 3.23. The number of hydrogen-bond acceptors (Lipinski definition) is 4. The first-order valence-corrected chi connectivity index (χ1v) is 9.81. The van der Waals surface area contributed by atoms with Crippen LogP contribution in [-0.2, 0) is 4.79 Å². The minimum Gasteiger partial charge on any atom is -0.465 e. The van der Waals surface area contributed by atoms with Gasteiger partial charge in [-0.2, -0.15) is 0 Å². The number of nitrogens with zero attached hydrogens (tertiary/aromatic N) is 4. The molecule has 0 unspecified atom stereocenters. The van der Waals surface area contributed by atoms with E-state index >= 15 is 0 Å². The number of carbonyl (C=O) groups is 2. The van der Waals surface area contributed by atoms with E-state index in [0.717, 1.165) is 11.4 Å². The Morgan fingerprint density at radius 3 is 2.11 bits per heavy atom. The highest BCUT2D eigenvalue weighted by atomic mass is 16.4. The highest BCUT2D eigenvalue weighted by molar-refractivity contribution is 5.86. The van der Waals surface area contributed by atoms with Crippen molar-refractivity contribution in [3.63, 3.8) is 0 Å². The zero-order valence-corrected chi connectivity index (χ0v) is 18.2. The van der Waals surface area contributed by atoms with Gasteiger partial charge in [0.15, 0.2) is 0 Å². The third-order valence-corrected chi connectivity index (χ3v) is 5.08. The third-order valence-electron chi connectivity index (χ3n) is 5.08. The Labute approximate surface area is 168 Å². The molecule has 28 heavy (non-hydrogen) atoms. The molecule has 0 radical (unpaired) electrons. The first kappa shape index (κ1) is 22.0. The molecule has 7 nitrogen and oxygen atoms in total. The molecule has 1 aromatic heterocycles. The van der Waals surface area contributed by atoms with Crippen molar-refractivity contribution in [3.8, 4) is 0 Å². The van der Waals surface area contributed by atoms with E-state index in [1.807, 2.05) is 65.5 Å². The fourth-order valence-electron chi connectivity index (χ4n) is 3.74. The van der Waals surface area contributed by atoms with Crippen LogP contribution in [0.1, 0.15) is 47.2 Å². The molecule has 1 aliphatic heterocycles. The van der Waals surface area contributed by atoms with Crippen LogP contribution in [0.2, 0.25) is 0 Å². The van der Waals surface area contributed by atoms with Gasteiger partial charge in [-0.05, 0) is 45.2 Å². The zero-order chi connectivity index (χ0) is 21.3. The average molecular weight is 391 g/mol. The normalized spacial score (nSPS) is 16.7. The maximum Gasteiger partial charge on any atom is 0.408 e. The Bertz CT molecular complexity index is 713. The smallest absolute Gasteiger partial charge is 0.408 e. The number of carboxylic acid groups (broad SMARTS) is 1. The lowest BCUT2D eigenvalue weighted by Crippen LogP contribution is -2.63. The minimum atomic E-state index is -1.06. The van der Waals surface area contributed by atoms with E-state index < -0.39 is 23.1 Å². The van der Waals surface area contributed by atoms with Crippen LogP contribution in [0.25, 0.3) is 0 Å². The van der Waals surface area contributed by atoms with Crippen molar-refractivity contribution in [3.05, 3.63) is 24.0 Å². The number of amides is 2. The number of hydrogen-bond donors (Lipinski definition) is 1. The lowest BCUT2D eigenvalue weighted by molar-refractivity contribution is -0.143. The van der Waals surface area contributed by atoms with E-state index in [4.69, 9.17) is 0 Å². The van der Waals surface area contributed by atoms with Gasteiger partial charge in [0.2, 0.25) is 5.91 Å². The number of aromatic nitrogens is 1. The Balaban J connectivity index is 2.19. The summed E-state index contributed by atoms with van der Waals surface area (Å²) in [6, 6.07) is 3.29. The second-order valence-corrected chi connectivity index (χ2v) is 9.56. The summed E-state index contributed by atoms with van der Waals surface area (Å²) in [6.07, 6.45) is 0.734. The van der Waals surface area contributed by atoms with Gasteiger partial charge in [0, 0.05) is 49.3 Å². The topological polar surface area (TPSA) is 77.0 Å². The highest BCUT2D eigenvalue weighted by Crippen LogP contribution is 2.32. The Morgan fingerprint density at radius 1 is 1.11 bits per heavy atom. The van der Waals surface area contributed by atoms with Gasteiger partial charge < -0.3 is 14.9 Å². The van der Waals surface area contributed by atoms with Gasteiger partial charge in [0.05, 0.1) is 0 Å². The molecule has 0 aromatic carbocycles. The van der Waals surface area contributed by atoms with Crippen LogP contribution in [0, 0.1) is 12.3 Å². The van der Waals surface area contributed by atoms with Crippen molar-refractivity contribution < 1.29 is 14.7 Å². The summed E-state index contributed by atoms with van der Waals surface area (Å²) >= 11 is 0. The second kappa shape index (κ2) is 7.97. The van der Waals surface area contributed by atoms with Crippen LogP contribution >= 0.6 is 0 Å². The number of aryl methyl sites for hydroxylation is 1. The molecule has 0 spiro atoms. The SMILES string of the molecule is Cc1cc(N2CCN(C(=O)[C@H](N(C(=O)O)C(C)(C)C)C(C)(C)C)CC2)ccn1. The van der Waals surface area contributed by atoms with Crippen molar-refractivity contribution >= 4 is 17.7 Å². The van der Waals surface area contributed by atoms with E-state index in [1.165, 1.54) is 4.90 Å². The Hall–Kier alpha value is -2.31. The summed E-state index contributed by atoms with van der Waals surface area (Å²) in [5.74, 6) is -0.115. The number of carbonyl (C=O) groups excluding carboxylic acids is 1. The van der Waals surface area contributed by atoms with Gasteiger partial charge in [0.1, 0.15) is 6.04 Å². The lowest BCUT2D eigenvalue weighted by atomic mass is 9.82. The van der Waals surface area contributed by atoms with Gasteiger partial charge >= 0.3 is 6.09 Å². The van der Waals surface area contributed by atoms with E-state index in [0.29, 0.717) is 26.2 Å². The molecule has 156 valence electrons. The molecule has 1 aliphatic rings. The number of piperazine rings is 1. The van der Waals surface area contributed by atoms with Crippen LogP contribution in [0.15, 0.2) is 18.3 Å². The van der Waals surface area contributed by atoms with Gasteiger partial charge in [-0.1, -0.05) is 20.8 Å². The van der Waals surface area contributed by atoms with Crippen LogP contribution in [0.5, 0.6) is 0 Å². The van der Waals surface area contributed by atoms with E-state index in [1.54, 1.807) is 6.20 Å². The van der Waals surface area contributed by atoms with Gasteiger partial charge in [-0.25, -0.2) is 4.79 Å². The molecule has 1 fully saturated rings. The first-order chi connectivity index (χ1) is 12.8. The number of anilines is 1. The summed E-state index contributed by atoms with van der Waals surface area (Å²) < 4.78 is 0. The largest absolute Gasteiger partial charge is 0.465 e. The van der Waals surface area contributed by atoms with Crippen LogP contribution < -0.4 is 4.90 Å². The lowest BCUT2D eigenvalue weighted by Gasteiger charge is -2.47. The average Bonchev–Trinajstić information content (AvgIpc) is 2.56. The van der Waals surface area contributed by atoms with Crippen molar-refractivity contribution in [2.24, 2.45) is 5.41 Å². The van der Waals surface area contributed by atoms with Crippen molar-refractivity contribution in [2.45, 2.75) is 60.0 Å². The summed E-state index contributed by atoms with van der Waals surface area (Å²) in [6.45, 7) is 15.8. The molecule has 0 saturated carbocycles. The third kappa shape index (κ3) is 4.94. The monoisotopic (exact) mass is 390 g/mol. The summed E-state index contributed by atoms with van der Waals surface area (Å²) in [7, 11) is 0. The van der Waals surface area contributed by atoms with Crippen LogP contribution in [0.3, 0.4) is 0 Å². The highest BCUT2D eigenvalue weighted by Gasteiger charge is 2.46. The molecule has 7 heteroatoms. The second-order valence-electron chi connectivity index (χ2n) is 9.56. The molecule has 1 aromatic rings. The van der Waals surface area contributed by atoms with E-state index in [9.17, 15) is 14.7 Å². The van der Waals surface area contributed by atoms with Gasteiger partial charge in [0.25, 0.3) is 0 Å². The minimum absolute atomic E-state index is 0.115. The number of pyridine rings is 1. The number of rotatable bonds is 3. The molecule has 2 amide bonds. The predicted molar refractivity (Wildman–Crippen MR) is 111 cm³/mol.